The highest BCUT2D eigenvalue weighted by atomic mass is 16.5. The minimum atomic E-state index is -0.482. The molecule has 3 rings (SSSR count). The molecule has 2 saturated heterocycles. The van der Waals surface area contributed by atoms with E-state index in [0.717, 1.165) is 70.2 Å². The van der Waals surface area contributed by atoms with E-state index >= 15 is 0 Å². The first-order valence-electron chi connectivity index (χ1n) is 9.75. The van der Waals surface area contributed by atoms with Gasteiger partial charge in [-0.25, -0.2) is 0 Å². The molecule has 2 aliphatic rings. The van der Waals surface area contributed by atoms with E-state index in [1.165, 1.54) is 0 Å². The predicted molar refractivity (Wildman–Crippen MR) is 106 cm³/mol. The maximum atomic E-state index is 13.5. The number of nitrogens with one attached hydrogen (secondary N) is 1. The zero-order valence-electron chi connectivity index (χ0n) is 15.9. The van der Waals surface area contributed by atoms with Crippen molar-refractivity contribution in [3.63, 3.8) is 0 Å². The van der Waals surface area contributed by atoms with E-state index in [1.807, 2.05) is 18.2 Å². The number of hydrogen-bond donors (Lipinski definition) is 1. The molecule has 0 radical (unpaired) electrons. The minimum Gasteiger partial charge on any atom is -0.378 e. The first-order chi connectivity index (χ1) is 12.7. The number of carbonyl (C=O) groups excluding carboxylic acids is 1. The zero-order chi connectivity index (χ0) is 18.4. The first kappa shape index (κ1) is 19.1. The lowest BCUT2D eigenvalue weighted by Crippen LogP contribution is -2.59. The van der Waals surface area contributed by atoms with Crippen LogP contribution in [-0.4, -0.2) is 68.7 Å². The average molecular weight is 357 g/mol. The fourth-order valence-corrected chi connectivity index (χ4v) is 4.14. The van der Waals surface area contributed by atoms with E-state index in [1.54, 1.807) is 0 Å². The highest BCUT2D eigenvalue weighted by Crippen LogP contribution is 2.30. The molecule has 0 spiro atoms. The van der Waals surface area contributed by atoms with Crippen molar-refractivity contribution < 1.29 is 9.53 Å². The van der Waals surface area contributed by atoms with Gasteiger partial charge in [0, 0.05) is 50.5 Å². The molecule has 142 valence electrons. The lowest BCUT2D eigenvalue weighted by atomic mass is 9.81. The fourth-order valence-electron chi connectivity index (χ4n) is 4.14. The molecule has 1 atom stereocenters. The Morgan fingerprint density at radius 2 is 1.85 bits per heavy atom. The van der Waals surface area contributed by atoms with Crippen LogP contribution in [0.4, 0.5) is 5.69 Å². The van der Waals surface area contributed by atoms with E-state index in [0.29, 0.717) is 6.42 Å². The summed E-state index contributed by atoms with van der Waals surface area (Å²) in [6, 6.07) is 8.13. The van der Waals surface area contributed by atoms with Gasteiger partial charge in [-0.3, -0.25) is 9.69 Å². The Hall–Kier alpha value is -1.69. The van der Waals surface area contributed by atoms with Crippen molar-refractivity contribution in [2.45, 2.75) is 25.3 Å². The Bertz CT molecular complexity index is 604. The van der Waals surface area contributed by atoms with Crippen LogP contribution in [0, 0.1) is 0 Å². The SMILES string of the molecule is C=CCC(CC)(C(=O)c1ccc(N2CCOCC2)cc1)N1CCNCC1. The molecule has 2 aliphatic heterocycles. The van der Waals surface area contributed by atoms with Crippen molar-refractivity contribution in [3.8, 4) is 0 Å². The van der Waals surface area contributed by atoms with E-state index in [4.69, 9.17) is 4.74 Å². The number of benzene rings is 1. The second-order valence-corrected chi connectivity index (χ2v) is 7.09. The van der Waals surface area contributed by atoms with Gasteiger partial charge in [0.1, 0.15) is 0 Å². The Balaban J connectivity index is 1.82. The van der Waals surface area contributed by atoms with Crippen LogP contribution in [-0.2, 0) is 4.74 Å². The van der Waals surface area contributed by atoms with Gasteiger partial charge in [-0.1, -0.05) is 13.0 Å². The molecule has 2 fully saturated rings. The quantitative estimate of drug-likeness (QED) is 0.599. The lowest BCUT2D eigenvalue weighted by Gasteiger charge is -2.44. The summed E-state index contributed by atoms with van der Waals surface area (Å²) < 4.78 is 5.42. The number of Topliss-reactive ketones (excluding diaryl/α,β-unsaturated/α-hetero) is 1. The highest BCUT2D eigenvalue weighted by molar-refractivity contribution is 6.03. The molecule has 5 nitrogen and oxygen atoms in total. The lowest BCUT2D eigenvalue weighted by molar-refractivity contribution is 0.0475. The van der Waals surface area contributed by atoms with E-state index in [2.05, 4.69) is 40.8 Å². The third kappa shape index (κ3) is 3.85. The Kier molecular flexibility index (Phi) is 6.46. The van der Waals surface area contributed by atoms with Gasteiger partial charge in [0.05, 0.1) is 18.8 Å². The Morgan fingerprint density at radius 1 is 1.19 bits per heavy atom. The molecule has 1 unspecified atom stereocenters. The second kappa shape index (κ2) is 8.80. The molecule has 0 aliphatic carbocycles. The summed E-state index contributed by atoms with van der Waals surface area (Å²) in [5.74, 6) is 0.218. The van der Waals surface area contributed by atoms with Gasteiger partial charge in [0.25, 0.3) is 0 Å². The third-order valence-electron chi connectivity index (χ3n) is 5.72. The van der Waals surface area contributed by atoms with Crippen LogP contribution in [0.25, 0.3) is 0 Å². The van der Waals surface area contributed by atoms with Crippen LogP contribution >= 0.6 is 0 Å². The average Bonchev–Trinajstić information content (AvgIpc) is 2.73. The van der Waals surface area contributed by atoms with Gasteiger partial charge in [-0.05, 0) is 37.1 Å². The molecule has 0 bridgehead atoms. The molecular weight excluding hydrogens is 326 g/mol. The maximum Gasteiger partial charge on any atom is 0.183 e. The summed E-state index contributed by atoms with van der Waals surface area (Å²) >= 11 is 0. The number of nitrogens with zero attached hydrogens (tertiary/aromatic N) is 2. The maximum absolute atomic E-state index is 13.5. The summed E-state index contributed by atoms with van der Waals surface area (Å²) in [6.07, 6.45) is 3.38. The Labute approximate surface area is 157 Å². The smallest absolute Gasteiger partial charge is 0.183 e. The first-order valence-corrected chi connectivity index (χ1v) is 9.75. The van der Waals surface area contributed by atoms with Crippen molar-refractivity contribution >= 4 is 11.5 Å². The number of ketones is 1. The molecule has 0 aromatic heterocycles. The van der Waals surface area contributed by atoms with E-state index in [9.17, 15) is 4.79 Å². The number of hydrogen-bond acceptors (Lipinski definition) is 5. The van der Waals surface area contributed by atoms with Crippen LogP contribution in [0.2, 0.25) is 0 Å². The number of rotatable bonds is 7. The summed E-state index contributed by atoms with van der Waals surface area (Å²) in [5, 5.41) is 3.38. The molecule has 0 saturated carbocycles. The summed E-state index contributed by atoms with van der Waals surface area (Å²) in [6.45, 7) is 13.1. The van der Waals surface area contributed by atoms with Crippen molar-refractivity contribution in [2.24, 2.45) is 0 Å². The largest absolute Gasteiger partial charge is 0.378 e. The molecule has 1 aromatic rings. The van der Waals surface area contributed by atoms with Gasteiger partial charge in [-0.15, -0.1) is 6.58 Å². The van der Waals surface area contributed by atoms with E-state index < -0.39 is 5.54 Å². The van der Waals surface area contributed by atoms with Crippen LogP contribution in [0.1, 0.15) is 30.1 Å². The molecule has 1 N–H and O–H groups in total. The number of carbonyl (C=O) groups is 1. The second-order valence-electron chi connectivity index (χ2n) is 7.09. The van der Waals surface area contributed by atoms with Crippen LogP contribution in [0.3, 0.4) is 0 Å². The number of piperazine rings is 1. The molecule has 2 heterocycles. The molecular formula is C21H31N3O2. The highest BCUT2D eigenvalue weighted by Gasteiger charge is 2.41. The normalized spacial score (nSPS) is 21.2. The molecule has 26 heavy (non-hydrogen) atoms. The number of morpholine rings is 1. The number of ether oxygens (including phenoxy) is 1. The van der Waals surface area contributed by atoms with Gasteiger partial charge in [0.15, 0.2) is 5.78 Å². The standard InChI is InChI=1S/C21H31N3O2/c1-3-9-21(4-2,24-12-10-22-11-13-24)20(25)18-5-7-19(8-6-18)23-14-16-26-17-15-23/h3,5-8,22H,1,4,9-17H2,2H3. The van der Waals surface area contributed by atoms with Gasteiger partial charge in [-0.2, -0.15) is 0 Å². The Morgan fingerprint density at radius 3 is 2.42 bits per heavy atom. The zero-order valence-corrected chi connectivity index (χ0v) is 15.9. The minimum absolute atomic E-state index is 0.218. The molecule has 1 aromatic carbocycles. The third-order valence-corrected chi connectivity index (χ3v) is 5.72. The van der Waals surface area contributed by atoms with Gasteiger partial charge >= 0.3 is 0 Å². The van der Waals surface area contributed by atoms with Gasteiger partial charge < -0.3 is 15.0 Å². The predicted octanol–water partition coefficient (Wildman–Crippen LogP) is 2.34. The summed E-state index contributed by atoms with van der Waals surface area (Å²) in [7, 11) is 0. The summed E-state index contributed by atoms with van der Waals surface area (Å²) in [5.41, 5.74) is 1.48. The topological polar surface area (TPSA) is 44.8 Å². The number of anilines is 1. The van der Waals surface area contributed by atoms with Crippen molar-refractivity contribution in [1.29, 1.82) is 0 Å². The van der Waals surface area contributed by atoms with Crippen molar-refractivity contribution in [3.05, 3.63) is 42.5 Å². The van der Waals surface area contributed by atoms with Gasteiger partial charge in [0.2, 0.25) is 0 Å². The molecule has 5 heteroatoms. The van der Waals surface area contributed by atoms with Crippen molar-refractivity contribution in [2.75, 3.05) is 57.4 Å². The van der Waals surface area contributed by atoms with Crippen LogP contribution in [0.5, 0.6) is 0 Å². The van der Waals surface area contributed by atoms with Crippen LogP contribution < -0.4 is 10.2 Å². The van der Waals surface area contributed by atoms with E-state index in [-0.39, 0.29) is 5.78 Å². The van der Waals surface area contributed by atoms with Crippen molar-refractivity contribution in [1.82, 2.24) is 10.2 Å². The van der Waals surface area contributed by atoms with Crippen LogP contribution in [0.15, 0.2) is 36.9 Å². The monoisotopic (exact) mass is 357 g/mol. The molecule has 0 amide bonds. The summed E-state index contributed by atoms with van der Waals surface area (Å²) in [4.78, 5) is 18.2. The fraction of sp³-hybridized carbons (Fsp3) is 0.571.